The topological polar surface area (TPSA) is 134 Å². The van der Waals surface area contributed by atoms with Crippen molar-refractivity contribution in [1.82, 2.24) is 0 Å². The highest BCUT2D eigenvalue weighted by Crippen LogP contribution is 2.25. The average molecular weight is 410 g/mol. The Balaban J connectivity index is 1.59. The van der Waals surface area contributed by atoms with Crippen molar-refractivity contribution in [2.24, 2.45) is 0 Å². The van der Waals surface area contributed by atoms with E-state index in [0.29, 0.717) is 11.1 Å². The third-order valence-corrected chi connectivity index (χ3v) is 4.13. The third kappa shape index (κ3) is 4.99. The van der Waals surface area contributed by atoms with Gasteiger partial charge in [-0.25, -0.2) is 9.59 Å². The number of rotatable bonds is 6. The summed E-state index contributed by atoms with van der Waals surface area (Å²) >= 11 is 0. The number of benzene rings is 3. The van der Waals surface area contributed by atoms with Crippen LogP contribution in [0.15, 0.2) is 60.7 Å². The van der Waals surface area contributed by atoms with Gasteiger partial charge in [-0.3, -0.25) is 0 Å². The summed E-state index contributed by atoms with van der Waals surface area (Å²) in [6, 6.07) is 13.9. The molecule has 0 radical (unpaired) electrons. The molecule has 0 saturated carbocycles. The second-order valence-electron chi connectivity index (χ2n) is 6.38. The van der Waals surface area contributed by atoms with Crippen molar-refractivity contribution in [3.05, 3.63) is 82.9 Å². The van der Waals surface area contributed by atoms with Crippen molar-refractivity contribution in [3.63, 3.8) is 0 Å². The molecular weight excluding hydrogens is 392 g/mol. The molecule has 0 spiro atoms. The average Bonchev–Trinajstić information content (AvgIpc) is 2.70. The van der Waals surface area contributed by atoms with Crippen LogP contribution in [-0.2, 0) is 22.7 Å². The van der Waals surface area contributed by atoms with Crippen LogP contribution in [0, 0.1) is 0 Å². The molecule has 0 aliphatic carbocycles. The Hall–Kier alpha value is -4.20. The highest BCUT2D eigenvalue weighted by molar-refractivity contribution is 5.93. The van der Waals surface area contributed by atoms with Crippen LogP contribution in [0.5, 0.6) is 23.0 Å². The maximum atomic E-state index is 12.1. The summed E-state index contributed by atoms with van der Waals surface area (Å²) in [5.74, 6) is -2.64. The Morgan fingerprint density at radius 1 is 0.633 bits per heavy atom. The fraction of sp³-hybridized carbons (Fsp3) is 0.0909. The van der Waals surface area contributed by atoms with Gasteiger partial charge in [0.2, 0.25) is 0 Å². The van der Waals surface area contributed by atoms with Gasteiger partial charge in [0.05, 0.1) is 0 Å². The van der Waals surface area contributed by atoms with E-state index < -0.39 is 23.4 Å². The van der Waals surface area contributed by atoms with Gasteiger partial charge < -0.3 is 29.9 Å². The standard InChI is InChI=1S/C22H18O8/c23-15-4-6-17(19(25)9-15)21(27)29-11-13-2-1-3-14(8-13)12-30-22(28)18-7-5-16(24)10-20(18)26/h1-10,23-26H,11-12H2. The van der Waals surface area contributed by atoms with E-state index >= 15 is 0 Å². The van der Waals surface area contributed by atoms with E-state index in [1.54, 1.807) is 24.3 Å². The summed E-state index contributed by atoms with van der Waals surface area (Å²) in [7, 11) is 0. The minimum absolute atomic E-state index is 0.0772. The fourth-order valence-corrected chi connectivity index (χ4v) is 2.65. The van der Waals surface area contributed by atoms with Gasteiger partial charge in [-0.2, -0.15) is 0 Å². The molecule has 0 atom stereocenters. The molecule has 4 N–H and O–H groups in total. The van der Waals surface area contributed by atoms with E-state index in [9.17, 15) is 30.0 Å². The lowest BCUT2D eigenvalue weighted by molar-refractivity contribution is 0.0467. The molecule has 0 unspecified atom stereocenters. The number of aromatic hydroxyl groups is 4. The summed E-state index contributed by atoms with van der Waals surface area (Å²) < 4.78 is 10.3. The van der Waals surface area contributed by atoms with Gasteiger partial charge in [0.1, 0.15) is 47.3 Å². The molecule has 8 nitrogen and oxygen atoms in total. The van der Waals surface area contributed by atoms with Crippen molar-refractivity contribution >= 4 is 11.9 Å². The quantitative estimate of drug-likeness (QED) is 0.455. The van der Waals surface area contributed by atoms with Crippen LogP contribution in [0.1, 0.15) is 31.8 Å². The van der Waals surface area contributed by atoms with Gasteiger partial charge >= 0.3 is 11.9 Å². The molecule has 30 heavy (non-hydrogen) atoms. The highest BCUT2D eigenvalue weighted by atomic mass is 16.5. The molecule has 0 saturated heterocycles. The van der Waals surface area contributed by atoms with Gasteiger partial charge in [0, 0.05) is 12.1 Å². The van der Waals surface area contributed by atoms with Crippen LogP contribution in [0.2, 0.25) is 0 Å². The zero-order chi connectivity index (χ0) is 21.7. The van der Waals surface area contributed by atoms with E-state index in [-0.39, 0.29) is 35.8 Å². The van der Waals surface area contributed by atoms with Crippen molar-refractivity contribution in [2.75, 3.05) is 0 Å². The Bertz CT molecular complexity index is 1010. The minimum Gasteiger partial charge on any atom is -0.508 e. The largest absolute Gasteiger partial charge is 0.508 e. The number of ether oxygens (including phenoxy) is 2. The van der Waals surface area contributed by atoms with Gasteiger partial charge in [-0.15, -0.1) is 0 Å². The maximum absolute atomic E-state index is 12.1. The Morgan fingerprint density at radius 2 is 1.07 bits per heavy atom. The molecule has 0 fully saturated rings. The van der Waals surface area contributed by atoms with Crippen LogP contribution in [0.25, 0.3) is 0 Å². The molecular formula is C22H18O8. The molecule has 3 rings (SSSR count). The van der Waals surface area contributed by atoms with Crippen LogP contribution >= 0.6 is 0 Å². The second kappa shape index (κ2) is 8.87. The van der Waals surface area contributed by atoms with Crippen molar-refractivity contribution in [2.45, 2.75) is 13.2 Å². The first-order valence-electron chi connectivity index (χ1n) is 8.79. The maximum Gasteiger partial charge on any atom is 0.342 e. The van der Waals surface area contributed by atoms with Crippen LogP contribution in [-0.4, -0.2) is 32.4 Å². The van der Waals surface area contributed by atoms with Crippen LogP contribution in [0.4, 0.5) is 0 Å². The monoisotopic (exact) mass is 410 g/mol. The molecule has 3 aromatic rings. The number of phenols is 4. The zero-order valence-electron chi connectivity index (χ0n) is 15.6. The third-order valence-electron chi connectivity index (χ3n) is 4.13. The van der Waals surface area contributed by atoms with Gasteiger partial charge in [0.25, 0.3) is 0 Å². The van der Waals surface area contributed by atoms with Crippen molar-refractivity contribution in [3.8, 4) is 23.0 Å². The lowest BCUT2D eigenvalue weighted by Gasteiger charge is -2.09. The Labute approximate surface area is 171 Å². The van der Waals surface area contributed by atoms with E-state index in [1.165, 1.54) is 24.3 Å². The minimum atomic E-state index is -0.757. The Morgan fingerprint density at radius 3 is 1.47 bits per heavy atom. The molecule has 8 heteroatoms. The second-order valence-corrected chi connectivity index (χ2v) is 6.38. The molecule has 0 amide bonds. The van der Waals surface area contributed by atoms with E-state index in [2.05, 4.69) is 0 Å². The SMILES string of the molecule is O=C(OCc1cccc(COC(=O)c2ccc(O)cc2O)c1)c1ccc(O)cc1O. The molecule has 0 heterocycles. The smallest absolute Gasteiger partial charge is 0.342 e. The predicted molar refractivity (Wildman–Crippen MR) is 104 cm³/mol. The van der Waals surface area contributed by atoms with E-state index in [1.807, 2.05) is 0 Å². The molecule has 0 aliphatic heterocycles. The Kier molecular flexibility index (Phi) is 6.07. The first-order chi connectivity index (χ1) is 14.3. The summed E-state index contributed by atoms with van der Waals surface area (Å²) in [5, 5.41) is 38.0. The number of carbonyl (C=O) groups excluding carboxylic acids is 2. The fourth-order valence-electron chi connectivity index (χ4n) is 2.65. The van der Waals surface area contributed by atoms with E-state index in [4.69, 9.17) is 9.47 Å². The first kappa shape index (κ1) is 20.5. The van der Waals surface area contributed by atoms with Gasteiger partial charge in [0.15, 0.2) is 0 Å². The van der Waals surface area contributed by atoms with E-state index in [0.717, 1.165) is 12.1 Å². The number of hydrogen-bond donors (Lipinski definition) is 4. The number of carbonyl (C=O) groups is 2. The predicted octanol–water partition coefficient (Wildman–Crippen LogP) is 3.22. The van der Waals surface area contributed by atoms with Gasteiger partial charge in [-0.1, -0.05) is 18.2 Å². The summed E-state index contributed by atoms with van der Waals surface area (Å²) in [6.45, 7) is -0.167. The highest BCUT2D eigenvalue weighted by Gasteiger charge is 2.15. The summed E-state index contributed by atoms with van der Waals surface area (Å²) in [4.78, 5) is 24.2. The number of esters is 2. The van der Waals surface area contributed by atoms with Crippen LogP contribution in [0.3, 0.4) is 0 Å². The lowest BCUT2D eigenvalue weighted by Crippen LogP contribution is -2.07. The number of hydrogen-bond acceptors (Lipinski definition) is 8. The summed E-state index contributed by atoms with van der Waals surface area (Å²) in [5.41, 5.74) is 1.10. The molecule has 0 bridgehead atoms. The molecule has 3 aromatic carbocycles. The molecule has 154 valence electrons. The molecule has 0 aliphatic rings. The van der Waals surface area contributed by atoms with Crippen molar-refractivity contribution in [1.29, 1.82) is 0 Å². The normalized spacial score (nSPS) is 10.4. The summed E-state index contributed by atoms with van der Waals surface area (Å²) in [6.07, 6.45) is 0. The van der Waals surface area contributed by atoms with Crippen molar-refractivity contribution < 1.29 is 39.5 Å². The zero-order valence-corrected chi connectivity index (χ0v) is 15.6. The number of phenolic OH excluding ortho intramolecular Hbond substituents is 4. The van der Waals surface area contributed by atoms with Gasteiger partial charge in [-0.05, 0) is 41.5 Å². The van der Waals surface area contributed by atoms with Crippen LogP contribution < -0.4 is 0 Å². The molecule has 0 aromatic heterocycles. The first-order valence-corrected chi connectivity index (χ1v) is 8.79. The lowest BCUT2D eigenvalue weighted by atomic mass is 10.1.